The molecule has 0 bridgehead atoms. The second-order valence-electron chi connectivity index (χ2n) is 15.4. The van der Waals surface area contributed by atoms with Crippen molar-refractivity contribution in [3.63, 3.8) is 0 Å². The average Bonchev–Trinajstić information content (AvgIpc) is 3.18. The number of hydrogen-bond acceptors (Lipinski definition) is 8. The summed E-state index contributed by atoms with van der Waals surface area (Å²) < 4.78 is 5.51. The van der Waals surface area contributed by atoms with Crippen LogP contribution in [0, 0.1) is 11.8 Å². The van der Waals surface area contributed by atoms with Crippen LogP contribution in [0.3, 0.4) is 0 Å². The molecule has 2 N–H and O–H groups in total. The van der Waals surface area contributed by atoms with Gasteiger partial charge in [0.1, 0.15) is 5.60 Å². The SMILES string of the molecule is CN(CC1CCN(C(=O)OC(C)(C)C)CC1)C(c1ccc(Cl)cc1)c1ccccn1.CN(CC1CCNCC1)C(c1ccc(Cl)cc1)c1ccccn1.CO. The van der Waals surface area contributed by atoms with Gasteiger partial charge in [-0.3, -0.25) is 19.8 Å². The van der Waals surface area contributed by atoms with Crippen molar-refractivity contribution in [1.82, 2.24) is 30.0 Å². The third-order valence-corrected chi connectivity index (χ3v) is 10.5. The third-order valence-electron chi connectivity index (χ3n) is 10.0. The molecule has 1 amide bonds. The summed E-state index contributed by atoms with van der Waals surface area (Å²) in [6.45, 7) is 11.5. The van der Waals surface area contributed by atoms with E-state index < -0.39 is 5.60 Å². The summed E-state index contributed by atoms with van der Waals surface area (Å²) in [7, 11) is 5.35. The molecule has 2 atom stereocenters. The van der Waals surface area contributed by atoms with Crippen LogP contribution in [0.1, 0.15) is 81.1 Å². The zero-order chi connectivity index (χ0) is 39.8. The predicted octanol–water partition coefficient (Wildman–Crippen LogP) is 8.77. The molecular formula is C44H60Cl2N6O3. The van der Waals surface area contributed by atoms with E-state index in [0.29, 0.717) is 5.92 Å². The Morgan fingerprint density at radius 3 is 1.55 bits per heavy atom. The molecule has 4 aromatic rings. The average molecular weight is 792 g/mol. The highest BCUT2D eigenvalue weighted by molar-refractivity contribution is 6.30. The lowest BCUT2D eigenvalue weighted by Gasteiger charge is -2.36. The number of carbonyl (C=O) groups is 1. The quantitative estimate of drug-likeness (QED) is 0.165. The summed E-state index contributed by atoms with van der Waals surface area (Å²) in [5.74, 6) is 1.27. The smallest absolute Gasteiger partial charge is 0.410 e. The molecule has 0 radical (unpaired) electrons. The van der Waals surface area contributed by atoms with Crippen LogP contribution in [0.4, 0.5) is 4.79 Å². The second kappa shape index (κ2) is 22.2. The number of pyridine rings is 2. The summed E-state index contributed by atoms with van der Waals surface area (Å²) in [6, 6.07) is 28.6. The Morgan fingerprint density at radius 2 is 1.16 bits per heavy atom. The fourth-order valence-electron chi connectivity index (χ4n) is 7.38. The van der Waals surface area contributed by atoms with E-state index in [1.807, 2.05) is 80.5 Å². The lowest BCUT2D eigenvalue weighted by Crippen LogP contribution is -2.43. The van der Waals surface area contributed by atoms with Crippen LogP contribution in [0.15, 0.2) is 97.3 Å². The van der Waals surface area contributed by atoms with Gasteiger partial charge in [-0.2, -0.15) is 0 Å². The Morgan fingerprint density at radius 1 is 0.745 bits per heavy atom. The van der Waals surface area contributed by atoms with Gasteiger partial charge in [0.25, 0.3) is 0 Å². The van der Waals surface area contributed by atoms with Crippen LogP contribution in [0.2, 0.25) is 10.0 Å². The van der Waals surface area contributed by atoms with Crippen LogP contribution in [-0.4, -0.2) is 102 Å². The van der Waals surface area contributed by atoms with Crippen LogP contribution in [-0.2, 0) is 4.74 Å². The molecule has 298 valence electrons. The molecule has 0 saturated carbocycles. The van der Waals surface area contributed by atoms with Gasteiger partial charge in [0.05, 0.1) is 23.5 Å². The molecule has 2 aromatic heterocycles. The van der Waals surface area contributed by atoms with Crippen molar-refractivity contribution >= 4 is 29.3 Å². The van der Waals surface area contributed by atoms with Crippen LogP contribution < -0.4 is 5.32 Å². The molecule has 9 nitrogen and oxygen atoms in total. The highest BCUT2D eigenvalue weighted by Crippen LogP contribution is 2.31. The second-order valence-corrected chi connectivity index (χ2v) is 16.3. The molecule has 2 fully saturated rings. The summed E-state index contributed by atoms with van der Waals surface area (Å²) in [5.41, 5.74) is 4.07. The van der Waals surface area contributed by atoms with Gasteiger partial charge in [0, 0.05) is 55.7 Å². The van der Waals surface area contributed by atoms with Gasteiger partial charge < -0.3 is 20.1 Å². The lowest BCUT2D eigenvalue weighted by molar-refractivity contribution is 0.0169. The number of carbonyl (C=O) groups excluding carboxylic acids is 1. The number of hydrogen-bond donors (Lipinski definition) is 2. The minimum absolute atomic E-state index is 0.0624. The molecule has 4 heterocycles. The number of amides is 1. The van der Waals surface area contributed by atoms with E-state index in [9.17, 15) is 4.79 Å². The Kier molecular flexibility index (Phi) is 17.9. The zero-order valence-electron chi connectivity index (χ0n) is 33.4. The number of rotatable bonds is 10. The van der Waals surface area contributed by atoms with Gasteiger partial charge in [-0.25, -0.2) is 4.79 Å². The number of aliphatic hydroxyl groups is 1. The molecule has 2 unspecified atom stereocenters. The van der Waals surface area contributed by atoms with Crippen molar-refractivity contribution in [1.29, 1.82) is 0 Å². The summed E-state index contributed by atoms with van der Waals surface area (Å²) in [6.07, 6.45) is 7.95. The van der Waals surface area contributed by atoms with Gasteiger partial charge in [-0.1, -0.05) is 59.6 Å². The largest absolute Gasteiger partial charge is 0.444 e. The molecule has 55 heavy (non-hydrogen) atoms. The standard InChI is InChI=1S/C24H32ClN3O2.C19H24ClN3.CH4O/c1-24(2,3)30-23(29)28-15-12-18(13-16-28)17-27(4)22(21-7-5-6-14-26-21)19-8-10-20(25)11-9-19;1-23(14-15-9-12-21-13-10-15)19(18-4-2-3-11-22-18)16-5-7-17(20)8-6-16;1-2/h5-11,14,18,22H,12-13,15-17H2,1-4H3;2-8,11,15,19,21H,9-10,12-14H2,1H3;2H,1H3. The number of likely N-dealkylation sites (tertiary alicyclic amines) is 1. The van der Waals surface area contributed by atoms with Crippen molar-refractivity contribution in [2.75, 3.05) is 60.5 Å². The lowest BCUT2D eigenvalue weighted by atomic mass is 9.94. The van der Waals surface area contributed by atoms with Gasteiger partial charge in [-0.15, -0.1) is 0 Å². The first-order chi connectivity index (χ1) is 26.5. The van der Waals surface area contributed by atoms with E-state index in [1.165, 1.54) is 24.0 Å². The van der Waals surface area contributed by atoms with E-state index >= 15 is 0 Å². The number of nitrogens with zero attached hydrogens (tertiary/aromatic N) is 5. The van der Waals surface area contributed by atoms with E-state index in [0.717, 1.165) is 86.6 Å². The summed E-state index contributed by atoms with van der Waals surface area (Å²) in [5, 5.41) is 11.9. The predicted molar refractivity (Wildman–Crippen MR) is 225 cm³/mol. The molecule has 2 aromatic carbocycles. The Labute approximate surface area is 339 Å². The molecule has 11 heteroatoms. The fraction of sp³-hybridized carbons (Fsp3) is 0.477. The summed E-state index contributed by atoms with van der Waals surface area (Å²) >= 11 is 12.2. The number of nitrogens with one attached hydrogen (secondary N) is 1. The van der Waals surface area contributed by atoms with Crippen molar-refractivity contribution in [3.8, 4) is 0 Å². The van der Waals surface area contributed by atoms with E-state index in [2.05, 4.69) is 81.6 Å². The first-order valence-electron chi connectivity index (χ1n) is 19.3. The van der Waals surface area contributed by atoms with Crippen molar-refractivity contribution in [3.05, 3.63) is 130 Å². The molecule has 2 aliphatic heterocycles. The minimum Gasteiger partial charge on any atom is -0.444 e. The molecule has 2 saturated heterocycles. The van der Waals surface area contributed by atoms with Gasteiger partial charge >= 0.3 is 6.09 Å². The molecule has 0 aliphatic carbocycles. The zero-order valence-corrected chi connectivity index (χ0v) is 34.9. The Bertz CT molecular complexity index is 1660. The highest BCUT2D eigenvalue weighted by atomic mass is 35.5. The normalized spacial score (nSPS) is 16.4. The monoisotopic (exact) mass is 790 g/mol. The Hall–Kier alpha value is -3.57. The first-order valence-corrected chi connectivity index (χ1v) is 20.1. The summed E-state index contributed by atoms with van der Waals surface area (Å²) in [4.78, 5) is 28.2. The first kappa shape index (κ1) is 44.1. The van der Waals surface area contributed by atoms with Crippen LogP contribution in [0.5, 0.6) is 0 Å². The van der Waals surface area contributed by atoms with Gasteiger partial charge in [0.2, 0.25) is 0 Å². The van der Waals surface area contributed by atoms with Gasteiger partial charge in [0.15, 0.2) is 0 Å². The number of halogens is 2. The molecule has 0 spiro atoms. The third kappa shape index (κ3) is 14.1. The fourth-order valence-corrected chi connectivity index (χ4v) is 7.63. The highest BCUT2D eigenvalue weighted by Gasteiger charge is 2.30. The Balaban J connectivity index is 0.000000241. The maximum absolute atomic E-state index is 12.3. The number of piperidine rings is 2. The molecule has 2 aliphatic rings. The van der Waals surface area contributed by atoms with E-state index in [-0.39, 0.29) is 18.2 Å². The van der Waals surface area contributed by atoms with E-state index in [4.69, 9.17) is 33.0 Å². The number of aliphatic hydroxyl groups excluding tert-OH is 1. The maximum Gasteiger partial charge on any atom is 0.410 e. The minimum atomic E-state index is -0.456. The molecule has 6 rings (SSSR count). The number of benzene rings is 2. The van der Waals surface area contributed by atoms with Crippen LogP contribution in [0.25, 0.3) is 0 Å². The topological polar surface area (TPSA) is 94.1 Å². The van der Waals surface area contributed by atoms with Crippen molar-refractivity contribution in [2.45, 2.75) is 64.1 Å². The number of ether oxygens (including phenoxy) is 1. The van der Waals surface area contributed by atoms with Crippen molar-refractivity contribution in [2.24, 2.45) is 11.8 Å². The van der Waals surface area contributed by atoms with Gasteiger partial charge in [-0.05, 0) is 145 Å². The number of aromatic nitrogens is 2. The molecular weight excluding hydrogens is 731 g/mol. The van der Waals surface area contributed by atoms with Crippen LogP contribution >= 0.6 is 23.2 Å². The van der Waals surface area contributed by atoms with Crippen molar-refractivity contribution < 1.29 is 14.6 Å². The van der Waals surface area contributed by atoms with E-state index in [1.54, 1.807) is 0 Å². The maximum atomic E-state index is 12.3.